The first-order valence-corrected chi connectivity index (χ1v) is 13.2. The first kappa shape index (κ1) is 23.3. The number of H-pyrrole nitrogens is 1. The molecule has 3 aromatic heterocycles. The number of tetrazole rings is 1. The van der Waals surface area contributed by atoms with Crippen LogP contribution in [0.1, 0.15) is 5.56 Å². The molecule has 180 valence electrons. The second-order valence-electron chi connectivity index (χ2n) is 8.12. The van der Waals surface area contributed by atoms with Crippen LogP contribution in [0.3, 0.4) is 0 Å². The number of hydrogen-bond acceptors (Lipinski definition) is 7. The van der Waals surface area contributed by atoms with E-state index in [1.807, 2.05) is 42.5 Å². The minimum Gasteiger partial charge on any atom is -0.270 e. The lowest BCUT2D eigenvalue weighted by molar-refractivity contribution is 0.881. The van der Waals surface area contributed by atoms with Gasteiger partial charge in [0, 0.05) is 33.7 Å². The molecule has 0 aliphatic rings. The third kappa shape index (κ3) is 4.93. The SMILES string of the molecule is Brc1cccc(-n2c(SCc3ccc(-c4ccccc4-c4nn[nH]n4)cc3)nnc2-c2ccncc2)c1. The fourth-order valence-corrected chi connectivity index (χ4v) is 5.33. The van der Waals surface area contributed by atoms with Gasteiger partial charge in [-0.1, -0.05) is 82.3 Å². The maximum Gasteiger partial charge on any atom is 0.205 e. The first-order valence-electron chi connectivity index (χ1n) is 11.4. The summed E-state index contributed by atoms with van der Waals surface area (Å²) >= 11 is 5.23. The monoisotopic (exact) mass is 566 g/mol. The van der Waals surface area contributed by atoms with Crippen molar-refractivity contribution in [3.8, 4) is 39.6 Å². The molecule has 8 nitrogen and oxygen atoms in total. The molecule has 0 amide bonds. The summed E-state index contributed by atoms with van der Waals surface area (Å²) in [6.07, 6.45) is 3.53. The lowest BCUT2D eigenvalue weighted by Crippen LogP contribution is -2.00. The molecular formula is C27H19BrN8S. The summed E-state index contributed by atoms with van der Waals surface area (Å²) in [6, 6.07) is 28.6. The Hall–Kier alpha value is -4.15. The highest BCUT2D eigenvalue weighted by Gasteiger charge is 2.17. The van der Waals surface area contributed by atoms with E-state index in [4.69, 9.17) is 0 Å². The smallest absolute Gasteiger partial charge is 0.205 e. The molecule has 0 saturated carbocycles. The van der Waals surface area contributed by atoms with E-state index in [2.05, 4.69) is 98.8 Å². The number of hydrogen-bond donors (Lipinski definition) is 1. The lowest BCUT2D eigenvalue weighted by atomic mass is 9.98. The number of aromatic nitrogens is 8. The van der Waals surface area contributed by atoms with Gasteiger partial charge in [0.15, 0.2) is 11.0 Å². The minimum atomic E-state index is 0.576. The number of nitrogens with zero attached hydrogens (tertiary/aromatic N) is 7. The number of nitrogens with one attached hydrogen (secondary N) is 1. The molecule has 1 N–H and O–H groups in total. The van der Waals surface area contributed by atoms with Crippen molar-refractivity contribution in [1.29, 1.82) is 0 Å². The fourth-order valence-electron chi connectivity index (χ4n) is 4.03. The Labute approximate surface area is 225 Å². The summed E-state index contributed by atoms with van der Waals surface area (Å²) in [5.74, 6) is 2.10. The van der Waals surface area contributed by atoms with E-state index in [9.17, 15) is 0 Å². The molecule has 0 spiro atoms. The van der Waals surface area contributed by atoms with Gasteiger partial charge in [-0.25, -0.2) is 0 Å². The third-order valence-corrected chi connectivity index (χ3v) is 7.28. The van der Waals surface area contributed by atoms with E-state index in [0.29, 0.717) is 5.82 Å². The van der Waals surface area contributed by atoms with Crippen LogP contribution in [0.5, 0.6) is 0 Å². The molecule has 0 aliphatic heterocycles. The molecule has 0 bridgehead atoms. The Bertz CT molecular complexity index is 1630. The highest BCUT2D eigenvalue weighted by Crippen LogP contribution is 2.33. The van der Waals surface area contributed by atoms with Gasteiger partial charge in [-0.3, -0.25) is 9.55 Å². The average Bonchev–Trinajstić information content (AvgIpc) is 3.63. The number of pyridine rings is 1. The van der Waals surface area contributed by atoms with E-state index >= 15 is 0 Å². The van der Waals surface area contributed by atoms with Gasteiger partial charge in [0.1, 0.15) is 0 Å². The van der Waals surface area contributed by atoms with Crippen molar-refractivity contribution >= 4 is 27.7 Å². The molecule has 6 rings (SSSR count). The second kappa shape index (κ2) is 10.5. The molecular weight excluding hydrogens is 548 g/mol. The molecule has 0 atom stereocenters. The highest BCUT2D eigenvalue weighted by molar-refractivity contribution is 9.10. The zero-order valence-electron chi connectivity index (χ0n) is 19.4. The van der Waals surface area contributed by atoms with Crippen LogP contribution in [-0.4, -0.2) is 40.4 Å². The van der Waals surface area contributed by atoms with Crippen LogP contribution in [0.25, 0.3) is 39.6 Å². The summed E-state index contributed by atoms with van der Waals surface area (Å²) in [5, 5.41) is 24.4. The number of halogens is 1. The van der Waals surface area contributed by atoms with Gasteiger partial charge in [0.25, 0.3) is 0 Å². The van der Waals surface area contributed by atoms with Gasteiger partial charge in [-0.2, -0.15) is 5.21 Å². The van der Waals surface area contributed by atoms with Crippen molar-refractivity contribution in [1.82, 2.24) is 40.4 Å². The van der Waals surface area contributed by atoms with Crippen molar-refractivity contribution in [2.75, 3.05) is 0 Å². The van der Waals surface area contributed by atoms with Gasteiger partial charge in [0.2, 0.25) is 5.82 Å². The van der Waals surface area contributed by atoms with E-state index in [0.717, 1.165) is 49.1 Å². The van der Waals surface area contributed by atoms with Crippen molar-refractivity contribution in [2.24, 2.45) is 0 Å². The van der Waals surface area contributed by atoms with E-state index in [1.54, 1.807) is 24.2 Å². The van der Waals surface area contributed by atoms with Crippen LogP contribution >= 0.6 is 27.7 Å². The van der Waals surface area contributed by atoms with Crippen LogP contribution < -0.4 is 0 Å². The van der Waals surface area contributed by atoms with Crippen molar-refractivity contribution in [2.45, 2.75) is 10.9 Å². The Kier molecular flexibility index (Phi) is 6.57. The third-order valence-electron chi connectivity index (χ3n) is 5.78. The largest absolute Gasteiger partial charge is 0.270 e. The van der Waals surface area contributed by atoms with Gasteiger partial charge in [-0.05, 0) is 52.2 Å². The van der Waals surface area contributed by atoms with Crippen LogP contribution in [0, 0.1) is 0 Å². The molecule has 0 fully saturated rings. The normalized spacial score (nSPS) is 11.1. The van der Waals surface area contributed by atoms with Crippen LogP contribution in [0.2, 0.25) is 0 Å². The predicted molar refractivity (Wildman–Crippen MR) is 147 cm³/mol. The van der Waals surface area contributed by atoms with E-state index < -0.39 is 0 Å². The van der Waals surface area contributed by atoms with Crippen molar-refractivity contribution < 1.29 is 0 Å². The number of aromatic amines is 1. The van der Waals surface area contributed by atoms with Crippen LogP contribution in [-0.2, 0) is 5.75 Å². The maximum atomic E-state index is 4.54. The highest BCUT2D eigenvalue weighted by atomic mass is 79.9. The molecule has 0 radical (unpaired) electrons. The number of rotatable bonds is 7. The molecule has 0 saturated heterocycles. The molecule has 37 heavy (non-hydrogen) atoms. The summed E-state index contributed by atoms with van der Waals surface area (Å²) in [6.45, 7) is 0. The molecule has 10 heteroatoms. The summed E-state index contributed by atoms with van der Waals surface area (Å²) in [7, 11) is 0. The van der Waals surface area contributed by atoms with Gasteiger partial charge >= 0.3 is 0 Å². The van der Waals surface area contributed by atoms with Gasteiger partial charge in [0.05, 0.1) is 5.69 Å². The Morgan fingerprint density at radius 3 is 2.35 bits per heavy atom. The fraction of sp³-hybridized carbons (Fsp3) is 0.0370. The summed E-state index contributed by atoms with van der Waals surface area (Å²) in [5.41, 5.74) is 6.20. The molecule has 0 aliphatic carbocycles. The Morgan fingerprint density at radius 1 is 0.784 bits per heavy atom. The van der Waals surface area contributed by atoms with Crippen molar-refractivity contribution in [3.63, 3.8) is 0 Å². The zero-order chi connectivity index (χ0) is 25.0. The zero-order valence-corrected chi connectivity index (χ0v) is 21.8. The molecule has 3 heterocycles. The van der Waals surface area contributed by atoms with Gasteiger partial charge in [-0.15, -0.1) is 20.4 Å². The molecule has 0 unspecified atom stereocenters. The van der Waals surface area contributed by atoms with Crippen molar-refractivity contribution in [3.05, 3.63) is 107 Å². The standard InChI is InChI=1S/C27H19BrN8S/c28-21-4-3-5-22(16-21)36-26(20-12-14-29-15-13-20)32-33-27(36)37-17-18-8-10-19(11-9-18)23-6-1-2-7-24(23)25-30-34-35-31-25/h1-16H,17H2,(H,30,31,34,35). The van der Waals surface area contributed by atoms with E-state index in [-0.39, 0.29) is 0 Å². The number of benzene rings is 3. The summed E-state index contributed by atoms with van der Waals surface area (Å²) in [4.78, 5) is 4.14. The number of thioether (sulfide) groups is 1. The average molecular weight is 567 g/mol. The van der Waals surface area contributed by atoms with Crippen LogP contribution in [0.15, 0.2) is 107 Å². The topological polar surface area (TPSA) is 98.1 Å². The first-order chi connectivity index (χ1) is 18.3. The second-order valence-corrected chi connectivity index (χ2v) is 9.98. The Morgan fingerprint density at radius 2 is 1.59 bits per heavy atom. The quantitative estimate of drug-likeness (QED) is 0.228. The molecule has 6 aromatic rings. The Balaban J connectivity index is 1.27. The summed E-state index contributed by atoms with van der Waals surface area (Å²) < 4.78 is 3.08. The van der Waals surface area contributed by atoms with Gasteiger partial charge < -0.3 is 0 Å². The minimum absolute atomic E-state index is 0.576. The lowest BCUT2D eigenvalue weighted by Gasteiger charge is -2.11. The predicted octanol–water partition coefficient (Wildman–Crippen LogP) is 6.23. The van der Waals surface area contributed by atoms with Crippen LogP contribution in [0.4, 0.5) is 0 Å². The van der Waals surface area contributed by atoms with E-state index in [1.165, 1.54) is 5.56 Å². The molecule has 3 aromatic carbocycles. The maximum absolute atomic E-state index is 4.54.